The highest BCUT2D eigenvalue weighted by atomic mass is 19.1. The van der Waals surface area contributed by atoms with E-state index < -0.39 is 34.2 Å². The Morgan fingerprint density at radius 1 is 1.13 bits per heavy atom. The minimum absolute atomic E-state index is 0.00678. The maximum atomic E-state index is 14.6. The van der Waals surface area contributed by atoms with Crippen molar-refractivity contribution in [3.63, 3.8) is 0 Å². The number of aliphatic hydroxyl groups is 2. The quantitative estimate of drug-likeness (QED) is 0.164. The number of hydrogen-bond acceptors (Lipinski definition) is 7. The van der Waals surface area contributed by atoms with Gasteiger partial charge in [-0.25, -0.2) is 4.39 Å². The van der Waals surface area contributed by atoms with Gasteiger partial charge in [-0.1, -0.05) is 18.2 Å². The minimum Gasteiger partial charge on any atom is -0.507 e. The van der Waals surface area contributed by atoms with Gasteiger partial charge >= 0.3 is 0 Å². The third-order valence-corrected chi connectivity index (χ3v) is 4.80. The summed E-state index contributed by atoms with van der Waals surface area (Å²) in [5.41, 5.74) is -0.469. The summed E-state index contributed by atoms with van der Waals surface area (Å²) in [6, 6.07) is 9.11. The third kappa shape index (κ3) is 4.44. The molecule has 0 spiro atoms. The Morgan fingerprint density at radius 3 is 2.42 bits per heavy atom. The first-order chi connectivity index (χ1) is 14.9. The molecule has 0 bridgehead atoms. The lowest BCUT2D eigenvalue weighted by molar-refractivity contribution is -0.384. The number of ketones is 1. The second-order valence-corrected chi connectivity index (χ2v) is 6.65. The standard InChI is InChI=1S/C21H19FN2O7/c22-16-4-2-1-3-15(16)18-17(19(26)13-5-7-14(8-6-13)24(29)30)20(27)21(28)23(18)9-11-31-12-10-25/h1-8,18,25-26H,9-12H2/t18-/m1/s1. The minimum atomic E-state index is -1.21. The summed E-state index contributed by atoms with van der Waals surface area (Å²) in [5, 5.41) is 30.5. The molecular weight excluding hydrogens is 411 g/mol. The maximum Gasteiger partial charge on any atom is 0.295 e. The fourth-order valence-electron chi connectivity index (χ4n) is 3.36. The lowest BCUT2D eigenvalue weighted by Crippen LogP contribution is -2.33. The van der Waals surface area contributed by atoms with Gasteiger partial charge in [0.15, 0.2) is 0 Å². The highest BCUT2D eigenvalue weighted by Crippen LogP contribution is 2.40. The van der Waals surface area contributed by atoms with Crippen LogP contribution in [0.3, 0.4) is 0 Å². The Bertz CT molecular complexity index is 1040. The van der Waals surface area contributed by atoms with E-state index in [1.54, 1.807) is 0 Å². The Kier molecular flexibility index (Phi) is 6.73. The molecule has 3 rings (SSSR count). The van der Waals surface area contributed by atoms with Crippen LogP contribution in [0, 0.1) is 15.9 Å². The molecule has 1 atom stereocenters. The van der Waals surface area contributed by atoms with Crippen LogP contribution in [0.25, 0.3) is 5.76 Å². The topological polar surface area (TPSA) is 130 Å². The van der Waals surface area contributed by atoms with Gasteiger partial charge in [-0.2, -0.15) is 0 Å². The number of carbonyl (C=O) groups excluding carboxylic acids is 2. The number of amides is 1. The van der Waals surface area contributed by atoms with Crippen LogP contribution in [-0.2, 0) is 14.3 Å². The fraction of sp³-hybridized carbons (Fsp3) is 0.238. The molecule has 31 heavy (non-hydrogen) atoms. The lowest BCUT2D eigenvalue weighted by atomic mass is 9.95. The Balaban J connectivity index is 2.08. The number of nitro benzene ring substituents is 1. The summed E-state index contributed by atoms with van der Waals surface area (Å²) in [7, 11) is 0. The van der Waals surface area contributed by atoms with Crippen molar-refractivity contribution in [2.24, 2.45) is 0 Å². The van der Waals surface area contributed by atoms with Crippen LogP contribution >= 0.6 is 0 Å². The number of aliphatic hydroxyl groups excluding tert-OH is 2. The van der Waals surface area contributed by atoms with E-state index in [0.717, 1.165) is 17.0 Å². The lowest BCUT2D eigenvalue weighted by Gasteiger charge is -2.25. The predicted octanol–water partition coefficient (Wildman–Crippen LogP) is 2.16. The molecule has 0 aliphatic carbocycles. The maximum absolute atomic E-state index is 14.6. The SMILES string of the molecule is O=C1C(=O)N(CCOCCO)[C@H](c2ccccc2F)C1=C(O)c1ccc([N+](=O)[O-])cc1. The number of nitro groups is 1. The number of likely N-dealkylation sites (tertiary alicyclic amines) is 1. The van der Waals surface area contributed by atoms with Gasteiger partial charge in [-0.15, -0.1) is 0 Å². The van der Waals surface area contributed by atoms with E-state index in [0.29, 0.717) is 0 Å². The number of hydrogen-bond donors (Lipinski definition) is 2. The van der Waals surface area contributed by atoms with E-state index in [9.17, 15) is 29.2 Å². The van der Waals surface area contributed by atoms with Gasteiger partial charge in [0.05, 0.1) is 36.4 Å². The van der Waals surface area contributed by atoms with Crippen LogP contribution in [0.15, 0.2) is 54.1 Å². The Morgan fingerprint density at radius 2 is 1.81 bits per heavy atom. The number of non-ortho nitro benzene ring substituents is 1. The highest BCUT2D eigenvalue weighted by molar-refractivity contribution is 6.46. The average Bonchev–Trinajstić information content (AvgIpc) is 3.01. The number of halogens is 1. The van der Waals surface area contributed by atoms with Gasteiger partial charge in [0, 0.05) is 29.8 Å². The van der Waals surface area contributed by atoms with Crippen molar-refractivity contribution in [2.45, 2.75) is 6.04 Å². The van der Waals surface area contributed by atoms with Gasteiger partial charge in [-0.05, 0) is 18.2 Å². The molecule has 2 aromatic carbocycles. The molecule has 162 valence electrons. The zero-order chi connectivity index (χ0) is 22.5. The second kappa shape index (κ2) is 9.45. The Hall–Kier alpha value is -3.63. The van der Waals surface area contributed by atoms with Crippen molar-refractivity contribution in [1.82, 2.24) is 4.90 Å². The van der Waals surface area contributed by atoms with Crippen LogP contribution in [0.2, 0.25) is 0 Å². The van der Waals surface area contributed by atoms with Crippen molar-refractivity contribution in [3.8, 4) is 0 Å². The third-order valence-electron chi connectivity index (χ3n) is 4.80. The highest BCUT2D eigenvalue weighted by Gasteiger charge is 2.46. The average molecular weight is 430 g/mol. The van der Waals surface area contributed by atoms with Crippen LogP contribution in [0.1, 0.15) is 17.2 Å². The molecule has 0 radical (unpaired) electrons. The zero-order valence-electron chi connectivity index (χ0n) is 16.2. The summed E-state index contributed by atoms with van der Waals surface area (Å²) < 4.78 is 19.8. The number of carbonyl (C=O) groups is 2. The van der Waals surface area contributed by atoms with Crippen LogP contribution in [0.4, 0.5) is 10.1 Å². The van der Waals surface area contributed by atoms with Gasteiger partial charge < -0.3 is 19.8 Å². The van der Waals surface area contributed by atoms with Gasteiger partial charge in [0.1, 0.15) is 11.6 Å². The fourth-order valence-corrected chi connectivity index (χ4v) is 3.36. The largest absolute Gasteiger partial charge is 0.507 e. The molecule has 1 aliphatic heterocycles. The van der Waals surface area contributed by atoms with E-state index in [2.05, 4.69) is 0 Å². The molecule has 2 N–H and O–H groups in total. The number of nitrogens with zero attached hydrogens (tertiary/aromatic N) is 2. The molecule has 0 saturated carbocycles. The number of benzene rings is 2. The summed E-state index contributed by atoms with van der Waals surface area (Å²) in [5.74, 6) is -3.19. The normalized spacial score (nSPS) is 17.9. The molecule has 1 heterocycles. The van der Waals surface area contributed by atoms with E-state index in [1.807, 2.05) is 0 Å². The molecule has 1 amide bonds. The molecule has 1 aliphatic rings. The van der Waals surface area contributed by atoms with Gasteiger partial charge in [0.2, 0.25) is 0 Å². The molecule has 10 heteroatoms. The van der Waals surface area contributed by atoms with E-state index in [-0.39, 0.29) is 48.8 Å². The van der Waals surface area contributed by atoms with Crippen molar-refractivity contribution in [3.05, 3.63) is 81.2 Å². The molecular formula is C21H19FN2O7. The van der Waals surface area contributed by atoms with Crippen LogP contribution < -0.4 is 0 Å². The molecule has 0 unspecified atom stereocenters. The first kappa shape index (κ1) is 22.1. The molecule has 0 aromatic heterocycles. The molecule has 2 aromatic rings. The van der Waals surface area contributed by atoms with Crippen molar-refractivity contribution in [2.75, 3.05) is 26.4 Å². The van der Waals surface area contributed by atoms with Gasteiger partial charge in [-0.3, -0.25) is 19.7 Å². The first-order valence-corrected chi connectivity index (χ1v) is 9.33. The second-order valence-electron chi connectivity index (χ2n) is 6.65. The first-order valence-electron chi connectivity index (χ1n) is 9.33. The number of ether oxygens (including phenoxy) is 1. The number of Topliss-reactive ketones (excluding diaryl/α,β-unsaturated/α-hetero) is 1. The Labute approximate surface area is 176 Å². The molecule has 1 fully saturated rings. The summed E-state index contributed by atoms with van der Waals surface area (Å²) in [4.78, 5) is 36.8. The monoisotopic (exact) mass is 430 g/mol. The van der Waals surface area contributed by atoms with E-state index >= 15 is 0 Å². The van der Waals surface area contributed by atoms with Crippen molar-refractivity contribution in [1.29, 1.82) is 0 Å². The molecule has 1 saturated heterocycles. The van der Waals surface area contributed by atoms with E-state index in [1.165, 1.54) is 36.4 Å². The van der Waals surface area contributed by atoms with Crippen LogP contribution in [-0.4, -0.2) is 58.1 Å². The zero-order valence-corrected chi connectivity index (χ0v) is 16.2. The predicted molar refractivity (Wildman–Crippen MR) is 106 cm³/mol. The summed E-state index contributed by atoms with van der Waals surface area (Å²) >= 11 is 0. The summed E-state index contributed by atoms with van der Waals surface area (Å²) in [6.45, 7) is -0.302. The van der Waals surface area contributed by atoms with E-state index in [4.69, 9.17) is 9.84 Å². The molecule has 9 nitrogen and oxygen atoms in total. The van der Waals surface area contributed by atoms with Crippen LogP contribution in [0.5, 0.6) is 0 Å². The summed E-state index contributed by atoms with van der Waals surface area (Å²) in [6.07, 6.45) is 0. The van der Waals surface area contributed by atoms with Crippen molar-refractivity contribution < 1.29 is 33.9 Å². The van der Waals surface area contributed by atoms with Crippen molar-refractivity contribution >= 4 is 23.1 Å². The number of rotatable bonds is 8. The van der Waals surface area contributed by atoms with Gasteiger partial charge in [0.25, 0.3) is 17.4 Å². The smallest absolute Gasteiger partial charge is 0.295 e.